The summed E-state index contributed by atoms with van der Waals surface area (Å²) in [4.78, 5) is 0. The van der Waals surface area contributed by atoms with Gasteiger partial charge >= 0.3 is 0 Å². The van der Waals surface area contributed by atoms with Crippen LogP contribution in [0.5, 0.6) is 11.5 Å². The minimum Gasteiger partial charge on any atom is -0.504 e. The average molecular weight is 177 g/mol. The van der Waals surface area contributed by atoms with Crippen molar-refractivity contribution in [2.45, 2.75) is 0 Å². The number of phenolic OH excluding ortho intramolecular Hbond substituents is 1. The summed E-state index contributed by atoms with van der Waals surface area (Å²) in [6.07, 6.45) is 0. The first-order valence-electron chi connectivity index (χ1n) is 3.84. The molecule has 0 heterocycles. The second-order valence-corrected chi connectivity index (χ2v) is 2.39. The van der Waals surface area contributed by atoms with Gasteiger partial charge in [0.2, 0.25) is 0 Å². The highest BCUT2D eigenvalue weighted by molar-refractivity contribution is 5.47. The normalized spacial score (nSPS) is 8.77. The number of methoxy groups -OCH3 is 1. The van der Waals surface area contributed by atoms with Crippen LogP contribution in [0.4, 0.5) is 0 Å². The molecule has 3 nitrogen and oxygen atoms in total. The highest BCUT2D eigenvalue weighted by Gasteiger charge is 1.99. The third-order valence-electron chi connectivity index (χ3n) is 1.51. The molecule has 0 aliphatic carbocycles. The predicted molar refractivity (Wildman–Crippen MR) is 50.6 cm³/mol. The molecule has 1 rings (SSSR count). The first kappa shape index (κ1) is 9.43. The molecule has 3 heteroatoms. The average Bonchev–Trinajstić information content (AvgIpc) is 2.16. The molecule has 0 fully saturated rings. The van der Waals surface area contributed by atoms with E-state index in [0.29, 0.717) is 12.3 Å². The van der Waals surface area contributed by atoms with E-state index in [9.17, 15) is 5.11 Å². The van der Waals surface area contributed by atoms with Crippen molar-refractivity contribution in [2.75, 3.05) is 13.7 Å². The molecule has 0 saturated carbocycles. The summed E-state index contributed by atoms with van der Waals surface area (Å²) in [5.74, 6) is 6.09. The Bertz CT molecular complexity index is 350. The number of hydrogen-bond donors (Lipinski definition) is 2. The van der Waals surface area contributed by atoms with E-state index in [1.807, 2.05) is 0 Å². The van der Waals surface area contributed by atoms with Crippen molar-refractivity contribution in [1.29, 1.82) is 0 Å². The van der Waals surface area contributed by atoms with E-state index in [4.69, 9.17) is 10.5 Å². The lowest BCUT2D eigenvalue weighted by Crippen LogP contribution is -1.93. The van der Waals surface area contributed by atoms with Gasteiger partial charge in [-0.15, -0.1) is 0 Å². The first-order valence-corrected chi connectivity index (χ1v) is 3.84. The Morgan fingerprint density at radius 1 is 1.54 bits per heavy atom. The quantitative estimate of drug-likeness (QED) is 0.621. The van der Waals surface area contributed by atoms with Crippen molar-refractivity contribution in [3.05, 3.63) is 23.8 Å². The van der Waals surface area contributed by atoms with Crippen molar-refractivity contribution < 1.29 is 9.84 Å². The van der Waals surface area contributed by atoms with Crippen LogP contribution in [0, 0.1) is 11.8 Å². The van der Waals surface area contributed by atoms with E-state index < -0.39 is 0 Å². The van der Waals surface area contributed by atoms with Gasteiger partial charge in [0, 0.05) is 5.56 Å². The Morgan fingerprint density at radius 3 is 2.92 bits per heavy atom. The Labute approximate surface area is 77.1 Å². The van der Waals surface area contributed by atoms with Crippen molar-refractivity contribution in [3.63, 3.8) is 0 Å². The van der Waals surface area contributed by atoms with Gasteiger partial charge < -0.3 is 15.6 Å². The highest BCUT2D eigenvalue weighted by atomic mass is 16.5. The summed E-state index contributed by atoms with van der Waals surface area (Å²) in [6, 6.07) is 4.91. The number of benzene rings is 1. The van der Waals surface area contributed by atoms with Crippen LogP contribution < -0.4 is 10.5 Å². The molecule has 0 saturated heterocycles. The second-order valence-electron chi connectivity index (χ2n) is 2.39. The fourth-order valence-corrected chi connectivity index (χ4v) is 0.908. The molecule has 13 heavy (non-hydrogen) atoms. The minimum atomic E-state index is 0.112. The summed E-state index contributed by atoms with van der Waals surface area (Å²) >= 11 is 0. The number of ether oxygens (including phenoxy) is 1. The molecule has 0 atom stereocenters. The molecule has 68 valence electrons. The summed E-state index contributed by atoms with van der Waals surface area (Å²) < 4.78 is 4.92. The Balaban J connectivity index is 2.99. The molecule has 0 radical (unpaired) electrons. The maximum absolute atomic E-state index is 9.26. The van der Waals surface area contributed by atoms with Gasteiger partial charge in [0.1, 0.15) is 0 Å². The van der Waals surface area contributed by atoms with Crippen molar-refractivity contribution in [1.82, 2.24) is 0 Å². The lowest BCUT2D eigenvalue weighted by atomic mass is 10.2. The van der Waals surface area contributed by atoms with Gasteiger partial charge in [-0.1, -0.05) is 11.8 Å². The van der Waals surface area contributed by atoms with Gasteiger partial charge in [0.15, 0.2) is 11.5 Å². The van der Waals surface area contributed by atoms with Crippen LogP contribution in [0.15, 0.2) is 18.2 Å². The fraction of sp³-hybridized carbons (Fsp3) is 0.200. The third kappa shape index (κ3) is 2.39. The van der Waals surface area contributed by atoms with Gasteiger partial charge in [0.25, 0.3) is 0 Å². The molecule has 0 amide bonds. The summed E-state index contributed by atoms with van der Waals surface area (Å²) in [7, 11) is 1.50. The van der Waals surface area contributed by atoms with Gasteiger partial charge in [-0.3, -0.25) is 0 Å². The third-order valence-corrected chi connectivity index (χ3v) is 1.51. The second kappa shape index (κ2) is 4.39. The van der Waals surface area contributed by atoms with E-state index >= 15 is 0 Å². The van der Waals surface area contributed by atoms with E-state index in [2.05, 4.69) is 11.8 Å². The van der Waals surface area contributed by atoms with Crippen molar-refractivity contribution >= 4 is 0 Å². The number of phenols is 1. The Kier molecular flexibility index (Phi) is 3.18. The van der Waals surface area contributed by atoms with E-state index in [0.717, 1.165) is 5.56 Å². The largest absolute Gasteiger partial charge is 0.504 e. The number of nitrogens with two attached hydrogens (primary N) is 1. The van der Waals surface area contributed by atoms with E-state index in [-0.39, 0.29) is 5.75 Å². The maximum atomic E-state index is 9.26. The maximum Gasteiger partial charge on any atom is 0.161 e. The van der Waals surface area contributed by atoms with Crippen LogP contribution in [0.2, 0.25) is 0 Å². The number of rotatable bonds is 1. The standard InChI is InChI=1S/C10H11NO2/c1-13-10-7-8(3-2-6-11)4-5-9(10)12/h4-5,7,12H,6,11H2,1H3. The molecule has 0 unspecified atom stereocenters. The molecule has 0 spiro atoms. The zero-order chi connectivity index (χ0) is 9.68. The lowest BCUT2D eigenvalue weighted by molar-refractivity contribution is 0.373. The van der Waals surface area contributed by atoms with Gasteiger partial charge in [0.05, 0.1) is 13.7 Å². The molecule has 0 aliphatic rings. The molecule has 0 aliphatic heterocycles. The first-order chi connectivity index (χ1) is 6.27. The van der Waals surface area contributed by atoms with Crippen molar-refractivity contribution in [3.8, 4) is 23.3 Å². The van der Waals surface area contributed by atoms with E-state index in [1.165, 1.54) is 7.11 Å². The fourth-order valence-electron chi connectivity index (χ4n) is 0.908. The predicted octanol–water partition coefficient (Wildman–Crippen LogP) is 0.711. The van der Waals surface area contributed by atoms with Gasteiger partial charge in [-0.25, -0.2) is 0 Å². The highest BCUT2D eigenvalue weighted by Crippen LogP contribution is 2.25. The number of hydrogen-bond acceptors (Lipinski definition) is 3. The molecule has 0 aromatic heterocycles. The Morgan fingerprint density at radius 2 is 2.31 bits per heavy atom. The molecule has 3 N–H and O–H groups in total. The van der Waals surface area contributed by atoms with Crippen molar-refractivity contribution in [2.24, 2.45) is 5.73 Å². The summed E-state index contributed by atoms with van der Waals surface area (Å²) in [6.45, 7) is 0.323. The van der Waals surface area contributed by atoms with Crippen LogP contribution >= 0.6 is 0 Å². The van der Waals surface area contributed by atoms with Crippen LogP contribution in [-0.4, -0.2) is 18.8 Å². The van der Waals surface area contributed by atoms with Crippen LogP contribution in [-0.2, 0) is 0 Å². The Hall–Kier alpha value is -1.66. The molecule has 1 aromatic rings. The zero-order valence-electron chi connectivity index (χ0n) is 7.37. The van der Waals surface area contributed by atoms with Crippen LogP contribution in [0.25, 0.3) is 0 Å². The lowest BCUT2D eigenvalue weighted by Gasteiger charge is -2.02. The summed E-state index contributed by atoms with van der Waals surface area (Å²) in [5, 5.41) is 9.26. The zero-order valence-corrected chi connectivity index (χ0v) is 7.37. The van der Waals surface area contributed by atoms with Gasteiger partial charge in [-0.2, -0.15) is 0 Å². The van der Waals surface area contributed by atoms with Crippen LogP contribution in [0.1, 0.15) is 5.56 Å². The monoisotopic (exact) mass is 177 g/mol. The van der Waals surface area contributed by atoms with Gasteiger partial charge in [-0.05, 0) is 18.2 Å². The molecular weight excluding hydrogens is 166 g/mol. The minimum absolute atomic E-state index is 0.112. The van der Waals surface area contributed by atoms with Crippen LogP contribution in [0.3, 0.4) is 0 Å². The smallest absolute Gasteiger partial charge is 0.161 e. The molecule has 1 aromatic carbocycles. The SMILES string of the molecule is COc1cc(C#CCN)ccc1O. The number of aromatic hydroxyl groups is 1. The molecular formula is C10H11NO2. The topological polar surface area (TPSA) is 55.5 Å². The summed E-state index contributed by atoms with van der Waals surface area (Å²) in [5.41, 5.74) is 6.00. The van der Waals surface area contributed by atoms with E-state index in [1.54, 1.807) is 18.2 Å². The molecule has 0 bridgehead atoms.